The van der Waals surface area contributed by atoms with Gasteiger partial charge >= 0.3 is 12.1 Å². The fourth-order valence-electron chi connectivity index (χ4n) is 7.89. The summed E-state index contributed by atoms with van der Waals surface area (Å²) in [5.41, 5.74) is -5.55. The molecule has 9 heteroatoms. The average molecular weight is 493 g/mol. The summed E-state index contributed by atoms with van der Waals surface area (Å²) in [7, 11) is 0. The number of carboxylic acid groups (broad SMARTS) is 1. The van der Waals surface area contributed by atoms with Crippen molar-refractivity contribution in [3.8, 4) is 0 Å². The zero-order valence-corrected chi connectivity index (χ0v) is 20.5. The van der Waals surface area contributed by atoms with Crippen molar-refractivity contribution in [1.82, 2.24) is 0 Å². The van der Waals surface area contributed by atoms with Crippen molar-refractivity contribution >= 4 is 23.7 Å². The van der Waals surface area contributed by atoms with Gasteiger partial charge in [-0.15, -0.1) is 0 Å². The van der Waals surface area contributed by atoms with Crippen molar-refractivity contribution in [3.63, 3.8) is 0 Å². The SMILES string of the molecule is CCC(=O)O[C@]1(C(=O)COC(=O)O)[C@@H](C)CC2C3CCC4=CC(=O)C=C[C@]4(C)[C@@]3(F)[C@@H](O)C[C@@]21C. The van der Waals surface area contributed by atoms with Crippen molar-refractivity contribution in [2.45, 2.75) is 77.2 Å². The van der Waals surface area contributed by atoms with E-state index in [4.69, 9.17) is 9.84 Å². The highest BCUT2D eigenvalue weighted by atomic mass is 19.1. The fraction of sp³-hybridized carbons (Fsp3) is 0.692. The molecule has 0 radical (unpaired) electrons. The quantitative estimate of drug-likeness (QED) is 0.558. The zero-order chi connectivity index (χ0) is 26.0. The Bertz CT molecular complexity index is 1030. The Kier molecular flexibility index (Phi) is 6.02. The standard InChI is InChI=1S/C26H33FO8/c1-5-21(31)35-26(20(30)13-34-22(32)33)14(2)10-18-17-7-6-15-11-16(28)8-9-23(15,3)25(17,27)19(29)12-24(18,26)4/h8-9,11,14,17-19,29H,5-7,10,12-13H2,1-4H3,(H,32,33)/t14-,17?,18?,19-,23-,24-,25-,26-/m0/s1. The van der Waals surface area contributed by atoms with Gasteiger partial charge in [-0.1, -0.05) is 32.4 Å². The molecule has 0 spiro atoms. The average Bonchev–Trinajstić information content (AvgIpc) is 3.00. The van der Waals surface area contributed by atoms with Crippen LogP contribution in [0, 0.1) is 28.6 Å². The van der Waals surface area contributed by atoms with Crippen molar-refractivity contribution in [3.05, 3.63) is 23.8 Å². The van der Waals surface area contributed by atoms with E-state index in [0.29, 0.717) is 24.8 Å². The normalized spacial score (nSPS) is 43.9. The molecular formula is C26H33FO8. The molecule has 192 valence electrons. The number of carbonyl (C=O) groups excluding carboxylic acids is 3. The first kappa shape index (κ1) is 25.5. The third-order valence-corrected chi connectivity index (χ3v) is 9.49. The minimum absolute atomic E-state index is 0.00758. The highest BCUT2D eigenvalue weighted by Gasteiger charge is 2.77. The molecule has 2 N–H and O–H groups in total. The minimum atomic E-state index is -2.09. The molecule has 0 aromatic rings. The van der Waals surface area contributed by atoms with Crippen LogP contribution in [0.15, 0.2) is 23.8 Å². The van der Waals surface area contributed by atoms with Crippen molar-refractivity contribution in [1.29, 1.82) is 0 Å². The highest BCUT2D eigenvalue weighted by molar-refractivity contribution is 6.01. The molecule has 8 atom stereocenters. The lowest BCUT2D eigenvalue weighted by atomic mass is 9.44. The number of rotatable bonds is 5. The summed E-state index contributed by atoms with van der Waals surface area (Å²) in [6.07, 6.45) is 2.20. The van der Waals surface area contributed by atoms with Gasteiger partial charge in [0.05, 0.1) is 6.10 Å². The summed E-state index contributed by atoms with van der Waals surface area (Å²) in [5.74, 6) is -3.21. The molecule has 0 amide bonds. The number of aliphatic hydroxyl groups excluding tert-OH is 1. The van der Waals surface area contributed by atoms with E-state index in [-0.39, 0.29) is 18.6 Å². The van der Waals surface area contributed by atoms with Crippen LogP contribution >= 0.6 is 0 Å². The molecule has 4 aliphatic carbocycles. The van der Waals surface area contributed by atoms with E-state index in [2.05, 4.69) is 4.74 Å². The molecular weight excluding hydrogens is 459 g/mol. The van der Waals surface area contributed by atoms with Gasteiger partial charge in [0.15, 0.2) is 23.7 Å². The number of ether oxygens (including phenoxy) is 2. The summed E-state index contributed by atoms with van der Waals surface area (Å²) >= 11 is 0. The number of halogens is 1. The Balaban J connectivity index is 1.82. The second kappa shape index (κ2) is 8.25. The van der Waals surface area contributed by atoms with Crippen LogP contribution in [-0.2, 0) is 23.9 Å². The Morgan fingerprint density at radius 1 is 1.23 bits per heavy atom. The highest BCUT2D eigenvalue weighted by Crippen LogP contribution is 2.71. The lowest BCUT2D eigenvalue weighted by Gasteiger charge is -2.62. The number of Topliss-reactive ketones (excluding diaryl/α,β-unsaturated/α-hetero) is 1. The van der Waals surface area contributed by atoms with Gasteiger partial charge in [0.1, 0.15) is 0 Å². The molecule has 0 bridgehead atoms. The van der Waals surface area contributed by atoms with E-state index >= 15 is 4.39 Å². The second-order valence-electron chi connectivity index (χ2n) is 10.9. The van der Waals surface area contributed by atoms with Crippen LogP contribution in [0.5, 0.6) is 0 Å². The van der Waals surface area contributed by atoms with Gasteiger partial charge in [0, 0.05) is 29.1 Å². The van der Waals surface area contributed by atoms with E-state index in [1.165, 1.54) is 12.2 Å². The van der Waals surface area contributed by atoms with E-state index < -0.39 is 70.5 Å². The monoisotopic (exact) mass is 492 g/mol. The Morgan fingerprint density at radius 2 is 1.91 bits per heavy atom. The maximum atomic E-state index is 17.3. The lowest BCUT2D eigenvalue weighted by molar-refractivity contribution is -0.228. The van der Waals surface area contributed by atoms with E-state index in [1.807, 2.05) is 0 Å². The molecule has 4 rings (SSSR count). The lowest BCUT2D eigenvalue weighted by Crippen LogP contribution is -2.70. The molecule has 3 saturated carbocycles. The molecule has 8 nitrogen and oxygen atoms in total. The topological polar surface area (TPSA) is 127 Å². The maximum absolute atomic E-state index is 17.3. The number of carbonyl (C=O) groups is 4. The Morgan fingerprint density at radius 3 is 2.54 bits per heavy atom. The van der Waals surface area contributed by atoms with Gasteiger partial charge in [-0.05, 0) is 50.7 Å². The number of fused-ring (bicyclic) bond motifs is 5. The Hall–Kier alpha value is -2.55. The van der Waals surface area contributed by atoms with Crippen LogP contribution in [0.25, 0.3) is 0 Å². The summed E-state index contributed by atoms with van der Waals surface area (Å²) in [6.45, 7) is 5.96. The van der Waals surface area contributed by atoms with E-state index in [1.54, 1.807) is 33.8 Å². The van der Waals surface area contributed by atoms with E-state index in [0.717, 1.165) is 0 Å². The summed E-state index contributed by atoms with van der Waals surface area (Å²) in [5, 5.41) is 20.4. The molecule has 0 aromatic heterocycles. The minimum Gasteiger partial charge on any atom is -0.450 e. The first-order chi connectivity index (χ1) is 16.3. The third kappa shape index (κ3) is 3.26. The molecule has 0 heterocycles. The molecule has 4 aliphatic rings. The van der Waals surface area contributed by atoms with Crippen LogP contribution in [0.4, 0.5) is 9.18 Å². The van der Waals surface area contributed by atoms with Gasteiger partial charge in [0.2, 0.25) is 5.78 Å². The molecule has 0 saturated heterocycles. The first-order valence-electron chi connectivity index (χ1n) is 12.2. The van der Waals surface area contributed by atoms with Crippen LogP contribution in [0.2, 0.25) is 0 Å². The number of hydrogen-bond acceptors (Lipinski definition) is 7. The number of hydrogen-bond donors (Lipinski definition) is 2. The molecule has 3 fully saturated rings. The van der Waals surface area contributed by atoms with E-state index in [9.17, 15) is 24.3 Å². The maximum Gasteiger partial charge on any atom is 0.506 e. The third-order valence-electron chi connectivity index (χ3n) is 9.49. The number of alkyl halides is 1. The van der Waals surface area contributed by atoms with Gasteiger partial charge in [0.25, 0.3) is 0 Å². The summed E-state index contributed by atoms with van der Waals surface area (Å²) in [4.78, 5) is 49.1. The van der Waals surface area contributed by atoms with Crippen molar-refractivity contribution in [2.75, 3.05) is 6.61 Å². The number of ketones is 2. The number of aliphatic hydroxyl groups is 1. The zero-order valence-electron chi connectivity index (χ0n) is 20.5. The van der Waals surface area contributed by atoms with Gasteiger partial charge in [-0.2, -0.15) is 0 Å². The van der Waals surface area contributed by atoms with Gasteiger partial charge < -0.3 is 19.7 Å². The molecule has 0 aliphatic heterocycles. The molecule has 35 heavy (non-hydrogen) atoms. The molecule has 2 unspecified atom stereocenters. The predicted octanol–water partition coefficient (Wildman–Crippen LogP) is 3.56. The van der Waals surface area contributed by atoms with Crippen LogP contribution in [0.1, 0.15) is 59.8 Å². The van der Waals surface area contributed by atoms with Crippen LogP contribution in [-0.4, -0.2) is 57.9 Å². The Labute approximate surface area is 203 Å². The molecule has 0 aromatic carbocycles. The van der Waals surface area contributed by atoms with Gasteiger partial charge in [-0.25, -0.2) is 9.18 Å². The number of esters is 1. The van der Waals surface area contributed by atoms with Gasteiger partial charge in [-0.3, -0.25) is 14.4 Å². The smallest absolute Gasteiger partial charge is 0.450 e. The summed E-state index contributed by atoms with van der Waals surface area (Å²) in [6, 6.07) is 0. The van der Waals surface area contributed by atoms with Crippen LogP contribution < -0.4 is 0 Å². The predicted molar refractivity (Wildman–Crippen MR) is 121 cm³/mol. The van der Waals surface area contributed by atoms with Crippen molar-refractivity contribution in [2.24, 2.45) is 28.6 Å². The first-order valence-corrected chi connectivity index (χ1v) is 12.2. The van der Waals surface area contributed by atoms with Crippen molar-refractivity contribution < 1.29 is 43.3 Å². The van der Waals surface area contributed by atoms with Crippen LogP contribution in [0.3, 0.4) is 0 Å². The largest absolute Gasteiger partial charge is 0.506 e. The number of allylic oxidation sites excluding steroid dienone is 4. The fourth-order valence-corrected chi connectivity index (χ4v) is 7.89. The summed E-state index contributed by atoms with van der Waals surface area (Å²) < 4.78 is 27.7. The second-order valence-corrected chi connectivity index (χ2v) is 10.9.